The predicted octanol–water partition coefficient (Wildman–Crippen LogP) is 4.43. The average Bonchev–Trinajstić information content (AvgIpc) is 2.79. The van der Waals surface area contributed by atoms with Crippen LogP contribution in [-0.2, 0) is 11.3 Å². The van der Waals surface area contributed by atoms with Gasteiger partial charge in [-0.15, -0.1) is 11.8 Å². The summed E-state index contributed by atoms with van der Waals surface area (Å²) in [6, 6.07) is 9.84. The molecule has 5 nitrogen and oxygen atoms in total. The van der Waals surface area contributed by atoms with Crippen LogP contribution in [0.15, 0.2) is 41.3 Å². The van der Waals surface area contributed by atoms with Crippen LogP contribution in [0.25, 0.3) is 0 Å². The summed E-state index contributed by atoms with van der Waals surface area (Å²) >= 11 is 7.63. The van der Waals surface area contributed by atoms with E-state index < -0.39 is 5.82 Å². The minimum absolute atomic E-state index is 0.0211. The highest BCUT2D eigenvalue weighted by Gasteiger charge is 2.27. The molecule has 35 heavy (non-hydrogen) atoms. The molecular formula is C27H36ClFN3O2S+. The van der Waals surface area contributed by atoms with Gasteiger partial charge in [0, 0.05) is 45.8 Å². The van der Waals surface area contributed by atoms with Crippen molar-refractivity contribution in [2.75, 3.05) is 36.8 Å². The van der Waals surface area contributed by atoms with E-state index in [4.69, 9.17) is 11.6 Å². The Balaban J connectivity index is 1.66. The Bertz CT molecular complexity index is 1020. The van der Waals surface area contributed by atoms with E-state index in [2.05, 4.69) is 33.0 Å². The number of halogens is 2. The number of thioether (sulfide) groups is 1. The smallest absolute Gasteiger partial charge is 0.251 e. The first-order chi connectivity index (χ1) is 16.7. The molecule has 0 aliphatic carbocycles. The number of carbonyl (C=O) groups excluding carboxylic acids is 2. The van der Waals surface area contributed by atoms with Gasteiger partial charge in [0.1, 0.15) is 5.82 Å². The second-order valence-electron chi connectivity index (χ2n) is 9.96. The third-order valence-electron chi connectivity index (χ3n) is 5.93. The Morgan fingerprint density at radius 2 is 1.89 bits per heavy atom. The second-order valence-corrected chi connectivity index (χ2v) is 11.4. The van der Waals surface area contributed by atoms with Crippen LogP contribution in [0.1, 0.15) is 50.0 Å². The highest BCUT2D eigenvalue weighted by atomic mass is 35.5. The van der Waals surface area contributed by atoms with Gasteiger partial charge in [-0.25, -0.2) is 4.39 Å². The summed E-state index contributed by atoms with van der Waals surface area (Å²) in [5.41, 5.74) is 1.37. The van der Waals surface area contributed by atoms with Crippen LogP contribution in [0, 0.1) is 17.7 Å². The average molecular weight is 521 g/mol. The van der Waals surface area contributed by atoms with Crippen LogP contribution < -0.4 is 15.1 Å². The summed E-state index contributed by atoms with van der Waals surface area (Å²) in [4.78, 5) is 29.6. The van der Waals surface area contributed by atoms with Gasteiger partial charge in [0.15, 0.2) is 0 Å². The molecule has 1 aliphatic heterocycles. The molecule has 0 spiro atoms. The van der Waals surface area contributed by atoms with Crippen molar-refractivity contribution < 1.29 is 18.9 Å². The van der Waals surface area contributed by atoms with Gasteiger partial charge in [-0.1, -0.05) is 45.4 Å². The number of hydrogen-bond acceptors (Lipinski definition) is 3. The molecule has 1 heterocycles. The highest BCUT2D eigenvalue weighted by Crippen LogP contribution is 2.37. The van der Waals surface area contributed by atoms with Crippen LogP contribution in [0.5, 0.6) is 0 Å². The summed E-state index contributed by atoms with van der Waals surface area (Å²) in [5.74, 6) is 0.765. The molecule has 2 amide bonds. The highest BCUT2D eigenvalue weighted by molar-refractivity contribution is 8.00. The summed E-state index contributed by atoms with van der Waals surface area (Å²) in [6.45, 7) is 12.9. The molecule has 0 fully saturated rings. The zero-order valence-electron chi connectivity index (χ0n) is 21.0. The minimum Gasteiger partial charge on any atom is -0.352 e. The largest absolute Gasteiger partial charge is 0.352 e. The Morgan fingerprint density at radius 3 is 2.54 bits per heavy atom. The van der Waals surface area contributed by atoms with E-state index in [-0.39, 0.29) is 34.7 Å². The van der Waals surface area contributed by atoms with E-state index in [1.807, 2.05) is 6.07 Å². The molecule has 190 valence electrons. The number of amides is 2. The summed E-state index contributed by atoms with van der Waals surface area (Å²) < 4.78 is 14.4. The summed E-state index contributed by atoms with van der Waals surface area (Å²) in [6.07, 6.45) is 0.900. The van der Waals surface area contributed by atoms with Gasteiger partial charge in [0.2, 0.25) is 5.91 Å². The SMILES string of the molecule is CC(C)C[NH+](CCCNC(=O)c1ccc2c(c1)N(Cc1c(F)cccc1Cl)C(=O)CS2)CC(C)C. The second kappa shape index (κ2) is 12.7. The van der Waals surface area contributed by atoms with Gasteiger partial charge in [-0.2, -0.15) is 0 Å². The molecule has 0 atom stereocenters. The summed E-state index contributed by atoms with van der Waals surface area (Å²) in [7, 11) is 0. The van der Waals surface area contributed by atoms with Crippen molar-refractivity contribution >= 4 is 40.9 Å². The third kappa shape index (κ3) is 7.69. The van der Waals surface area contributed by atoms with E-state index in [1.165, 1.54) is 28.8 Å². The van der Waals surface area contributed by atoms with Gasteiger partial charge in [-0.3, -0.25) is 9.59 Å². The Kier molecular flexibility index (Phi) is 10.0. The van der Waals surface area contributed by atoms with Crippen LogP contribution >= 0.6 is 23.4 Å². The van der Waals surface area contributed by atoms with Crippen LogP contribution in [-0.4, -0.2) is 43.7 Å². The normalized spacial score (nSPS) is 13.6. The fraction of sp³-hybridized carbons (Fsp3) is 0.481. The van der Waals surface area contributed by atoms with Crippen LogP contribution in [0.4, 0.5) is 10.1 Å². The number of nitrogens with zero attached hydrogens (tertiary/aromatic N) is 1. The zero-order chi connectivity index (χ0) is 25.5. The van der Waals surface area contributed by atoms with Crippen LogP contribution in [0.3, 0.4) is 0 Å². The zero-order valence-corrected chi connectivity index (χ0v) is 22.6. The lowest BCUT2D eigenvalue weighted by atomic mass is 10.1. The molecule has 0 bridgehead atoms. The number of fused-ring (bicyclic) bond motifs is 1. The van der Waals surface area contributed by atoms with Crippen molar-refractivity contribution in [2.45, 2.75) is 45.6 Å². The van der Waals surface area contributed by atoms with Crippen molar-refractivity contribution in [3.63, 3.8) is 0 Å². The lowest BCUT2D eigenvalue weighted by Gasteiger charge is -2.30. The molecule has 0 saturated heterocycles. The quantitative estimate of drug-likeness (QED) is 0.431. The van der Waals surface area contributed by atoms with Gasteiger partial charge >= 0.3 is 0 Å². The van der Waals surface area contributed by atoms with Gasteiger partial charge in [-0.05, 0) is 30.3 Å². The molecular weight excluding hydrogens is 485 g/mol. The molecule has 0 saturated carbocycles. The first kappa shape index (κ1) is 27.5. The monoisotopic (exact) mass is 520 g/mol. The Hall–Kier alpha value is -2.09. The first-order valence-electron chi connectivity index (χ1n) is 12.3. The number of rotatable bonds is 11. The maximum absolute atomic E-state index is 14.4. The van der Waals surface area contributed by atoms with Crippen molar-refractivity contribution in [1.82, 2.24) is 5.32 Å². The molecule has 3 rings (SSSR count). The lowest BCUT2D eigenvalue weighted by Crippen LogP contribution is -3.13. The van der Waals surface area contributed by atoms with E-state index >= 15 is 0 Å². The minimum atomic E-state index is -0.454. The molecule has 2 N–H and O–H groups in total. The fourth-order valence-corrected chi connectivity index (χ4v) is 5.58. The van der Waals surface area contributed by atoms with Crippen molar-refractivity contribution in [3.05, 3.63) is 58.4 Å². The molecule has 2 aromatic rings. The van der Waals surface area contributed by atoms with Gasteiger partial charge < -0.3 is 15.1 Å². The number of hydrogen-bond donors (Lipinski definition) is 2. The van der Waals surface area contributed by atoms with E-state index in [1.54, 1.807) is 23.1 Å². The Labute approximate surface area is 217 Å². The maximum atomic E-state index is 14.4. The molecule has 0 radical (unpaired) electrons. The van der Waals surface area contributed by atoms with Crippen molar-refractivity contribution in [2.24, 2.45) is 11.8 Å². The first-order valence-corrected chi connectivity index (χ1v) is 13.6. The molecule has 1 aliphatic rings. The standard InChI is InChI=1S/C27H35ClFN3O2S/c1-18(2)14-31(15-19(3)4)12-6-11-30-27(34)20-9-10-25-24(13-20)32(26(33)17-35-25)16-21-22(28)7-5-8-23(21)29/h5,7-10,13,18-19H,6,11-12,14-17H2,1-4H3,(H,30,34)/p+1. The number of anilines is 1. The van der Waals surface area contributed by atoms with E-state index in [9.17, 15) is 14.0 Å². The lowest BCUT2D eigenvalue weighted by molar-refractivity contribution is -0.906. The number of nitrogens with one attached hydrogen (secondary N) is 2. The Morgan fingerprint density at radius 1 is 1.17 bits per heavy atom. The molecule has 2 aromatic carbocycles. The van der Waals surface area contributed by atoms with E-state index in [0.29, 0.717) is 29.6 Å². The van der Waals surface area contributed by atoms with Crippen molar-refractivity contribution in [1.29, 1.82) is 0 Å². The summed E-state index contributed by atoms with van der Waals surface area (Å²) in [5, 5.41) is 3.29. The predicted molar refractivity (Wildman–Crippen MR) is 142 cm³/mol. The maximum Gasteiger partial charge on any atom is 0.251 e. The number of quaternary nitrogens is 1. The fourth-order valence-electron chi connectivity index (χ4n) is 4.44. The van der Waals surface area contributed by atoms with Crippen LogP contribution in [0.2, 0.25) is 5.02 Å². The third-order valence-corrected chi connectivity index (χ3v) is 7.33. The topological polar surface area (TPSA) is 53.9 Å². The molecule has 8 heteroatoms. The van der Waals surface area contributed by atoms with Gasteiger partial charge in [0.05, 0.1) is 37.6 Å². The van der Waals surface area contributed by atoms with E-state index in [0.717, 1.165) is 31.0 Å². The molecule has 0 aromatic heterocycles. The van der Waals surface area contributed by atoms with Crippen molar-refractivity contribution in [3.8, 4) is 0 Å². The molecule has 0 unspecified atom stereocenters. The number of carbonyl (C=O) groups is 2. The van der Waals surface area contributed by atoms with Gasteiger partial charge in [0.25, 0.3) is 5.91 Å². The number of benzene rings is 2.